The topological polar surface area (TPSA) is 0 Å². The first-order chi connectivity index (χ1) is 10.6. The van der Waals surface area contributed by atoms with Crippen molar-refractivity contribution < 1.29 is 0 Å². The van der Waals surface area contributed by atoms with E-state index in [1.165, 1.54) is 41.5 Å². The van der Waals surface area contributed by atoms with Gasteiger partial charge in [-0.1, -0.05) is 55.8 Å². The molecule has 2 aromatic rings. The molecule has 0 aliphatic heterocycles. The highest BCUT2D eigenvalue weighted by Crippen LogP contribution is 2.43. The molecule has 22 heavy (non-hydrogen) atoms. The smallest absolute Gasteiger partial charge is 0.00603 e. The molecule has 2 aliphatic carbocycles. The van der Waals surface area contributed by atoms with Gasteiger partial charge in [0.05, 0.1) is 0 Å². The Morgan fingerprint density at radius 1 is 1.00 bits per heavy atom. The molecule has 0 N–H and O–H groups in total. The van der Waals surface area contributed by atoms with Crippen LogP contribution in [0.5, 0.6) is 0 Å². The van der Waals surface area contributed by atoms with E-state index in [1.807, 2.05) is 0 Å². The molecule has 0 unspecified atom stereocenters. The molecular formula is C22H24. The molecular weight excluding hydrogens is 264 g/mol. The molecule has 0 heteroatoms. The first-order valence-corrected chi connectivity index (χ1v) is 8.59. The molecule has 0 aromatic heterocycles. The van der Waals surface area contributed by atoms with Crippen molar-refractivity contribution in [1.29, 1.82) is 0 Å². The number of aryl methyl sites for hydroxylation is 1. The third-order valence-electron chi connectivity index (χ3n) is 5.24. The van der Waals surface area contributed by atoms with Crippen LogP contribution in [0.25, 0.3) is 17.2 Å². The van der Waals surface area contributed by atoms with Crippen molar-refractivity contribution in [1.82, 2.24) is 0 Å². The maximum Gasteiger partial charge on any atom is -0.00603 e. The van der Waals surface area contributed by atoms with Crippen molar-refractivity contribution in [3.8, 4) is 11.1 Å². The van der Waals surface area contributed by atoms with E-state index >= 15 is 0 Å². The largest absolute Gasteiger partial charge is 0.0683 e. The van der Waals surface area contributed by atoms with Gasteiger partial charge in [-0.15, -0.1) is 0 Å². The van der Waals surface area contributed by atoms with Gasteiger partial charge in [0.25, 0.3) is 0 Å². The standard InChI is InChI=1S/C22H24/c1-14(2)18-8-4-5-9-20(18)22-19-10-6-7-16(19)13-17-11-15(3)12-21(17)22/h4-5,8-9,12-14H,6-7,10-11H2,1-3H3. The summed E-state index contributed by atoms with van der Waals surface area (Å²) >= 11 is 0. The number of hydrogen-bond donors (Lipinski definition) is 0. The van der Waals surface area contributed by atoms with E-state index in [0.717, 1.165) is 6.42 Å². The average Bonchev–Trinajstić information content (AvgIpc) is 3.09. The van der Waals surface area contributed by atoms with Crippen molar-refractivity contribution in [2.24, 2.45) is 0 Å². The fourth-order valence-electron chi connectivity index (χ4n) is 4.27. The first kappa shape index (κ1) is 13.8. The minimum absolute atomic E-state index is 0.565. The van der Waals surface area contributed by atoms with Crippen molar-refractivity contribution in [3.05, 3.63) is 63.7 Å². The minimum Gasteiger partial charge on any atom is -0.0683 e. The van der Waals surface area contributed by atoms with Gasteiger partial charge in [0, 0.05) is 0 Å². The van der Waals surface area contributed by atoms with E-state index in [9.17, 15) is 0 Å². The highest BCUT2D eigenvalue weighted by molar-refractivity contribution is 5.86. The van der Waals surface area contributed by atoms with Crippen LogP contribution in [0, 0.1) is 0 Å². The molecule has 0 spiro atoms. The molecule has 0 fully saturated rings. The van der Waals surface area contributed by atoms with Gasteiger partial charge >= 0.3 is 0 Å². The summed E-state index contributed by atoms with van der Waals surface area (Å²) in [4.78, 5) is 0. The van der Waals surface area contributed by atoms with Crippen LogP contribution in [-0.4, -0.2) is 0 Å². The summed E-state index contributed by atoms with van der Waals surface area (Å²) in [6, 6.07) is 11.5. The molecule has 0 nitrogen and oxygen atoms in total. The lowest BCUT2D eigenvalue weighted by molar-refractivity contribution is 0.868. The lowest BCUT2D eigenvalue weighted by Crippen LogP contribution is -2.00. The molecule has 0 bridgehead atoms. The van der Waals surface area contributed by atoms with Crippen LogP contribution in [0.2, 0.25) is 0 Å². The molecule has 112 valence electrons. The van der Waals surface area contributed by atoms with E-state index in [-0.39, 0.29) is 0 Å². The SMILES string of the molecule is CC1=Cc2c(cc3c(c2-c2ccccc2C(C)C)CCC3)C1. The van der Waals surface area contributed by atoms with Crippen LogP contribution in [0.4, 0.5) is 0 Å². The average molecular weight is 288 g/mol. The van der Waals surface area contributed by atoms with E-state index in [2.05, 4.69) is 57.2 Å². The van der Waals surface area contributed by atoms with Gasteiger partial charge in [0.15, 0.2) is 0 Å². The maximum atomic E-state index is 2.49. The monoisotopic (exact) mass is 288 g/mol. The molecule has 0 saturated carbocycles. The third-order valence-corrected chi connectivity index (χ3v) is 5.24. The highest BCUT2D eigenvalue weighted by atomic mass is 14.3. The van der Waals surface area contributed by atoms with Crippen LogP contribution in [-0.2, 0) is 19.3 Å². The second-order valence-corrected chi connectivity index (χ2v) is 7.23. The van der Waals surface area contributed by atoms with E-state index < -0.39 is 0 Å². The predicted molar refractivity (Wildman–Crippen MR) is 95.3 cm³/mol. The number of fused-ring (bicyclic) bond motifs is 2. The van der Waals surface area contributed by atoms with Gasteiger partial charge in [-0.05, 0) is 77.5 Å². The quantitative estimate of drug-likeness (QED) is 0.643. The van der Waals surface area contributed by atoms with Gasteiger partial charge in [0.2, 0.25) is 0 Å². The van der Waals surface area contributed by atoms with E-state index in [1.54, 1.807) is 22.3 Å². The molecule has 0 saturated heterocycles. The lowest BCUT2D eigenvalue weighted by atomic mass is 9.85. The van der Waals surface area contributed by atoms with Crippen molar-refractivity contribution in [3.63, 3.8) is 0 Å². The van der Waals surface area contributed by atoms with Crippen LogP contribution in [0.1, 0.15) is 60.9 Å². The Labute approximate surface area is 133 Å². The fraction of sp³-hybridized carbons (Fsp3) is 0.364. The minimum atomic E-state index is 0.565. The number of hydrogen-bond acceptors (Lipinski definition) is 0. The molecule has 0 radical (unpaired) electrons. The summed E-state index contributed by atoms with van der Waals surface area (Å²) in [6.45, 7) is 6.88. The van der Waals surface area contributed by atoms with Crippen LogP contribution in [0.3, 0.4) is 0 Å². The summed E-state index contributed by atoms with van der Waals surface area (Å²) in [5.41, 5.74) is 12.3. The lowest BCUT2D eigenvalue weighted by Gasteiger charge is -2.19. The highest BCUT2D eigenvalue weighted by Gasteiger charge is 2.25. The Morgan fingerprint density at radius 3 is 2.64 bits per heavy atom. The van der Waals surface area contributed by atoms with Crippen molar-refractivity contribution >= 4 is 6.08 Å². The normalized spacial score (nSPS) is 15.9. The predicted octanol–water partition coefficient (Wildman–Crippen LogP) is 5.93. The maximum absolute atomic E-state index is 2.49. The summed E-state index contributed by atoms with van der Waals surface area (Å²) in [6.07, 6.45) is 7.40. The Hall–Kier alpha value is -1.82. The molecule has 0 atom stereocenters. The summed E-state index contributed by atoms with van der Waals surface area (Å²) in [7, 11) is 0. The van der Waals surface area contributed by atoms with Gasteiger partial charge < -0.3 is 0 Å². The second kappa shape index (κ2) is 5.12. The molecule has 0 amide bonds. The van der Waals surface area contributed by atoms with E-state index in [4.69, 9.17) is 0 Å². The Bertz CT molecular complexity index is 775. The number of allylic oxidation sites excluding steroid dienone is 1. The summed E-state index contributed by atoms with van der Waals surface area (Å²) in [5, 5.41) is 0. The van der Waals surface area contributed by atoms with Gasteiger partial charge in [0.1, 0.15) is 0 Å². The Balaban J connectivity index is 2.04. The van der Waals surface area contributed by atoms with Crippen molar-refractivity contribution in [2.75, 3.05) is 0 Å². The van der Waals surface area contributed by atoms with Crippen molar-refractivity contribution in [2.45, 2.75) is 52.4 Å². The molecule has 4 rings (SSSR count). The summed E-state index contributed by atoms with van der Waals surface area (Å²) in [5.74, 6) is 0.565. The molecule has 2 aliphatic rings. The van der Waals surface area contributed by atoms with Gasteiger partial charge in [-0.25, -0.2) is 0 Å². The van der Waals surface area contributed by atoms with Gasteiger partial charge in [-0.2, -0.15) is 0 Å². The van der Waals surface area contributed by atoms with Crippen LogP contribution >= 0.6 is 0 Å². The van der Waals surface area contributed by atoms with Crippen LogP contribution < -0.4 is 0 Å². The number of rotatable bonds is 2. The molecule has 0 heterocycles. The zero-order valence-corrected chi connectivity index (χ0v) is 13.9. The Morgan fingerprint density at radius 2 is 1.82 bits per heavy atom. The fourth-order valence-corrected chi connectivity index (χ4v) is 4.27. The zero-order valence-electron chi connectivity index (χ0n) is 13.9. The zero-order chi connectivity index (χ0) is 15.3. The number of benzene rings is 2. The van der Waals surface area contributed by atoms with E-state index in [0.29, 0.717) is 5.92 Å². The van der Waals surface area contributed by atoms with Gasteiger partial charge in [-0.3, -0.25) is 0 Å². The second-order valence-electron chi connectivity index (χ2n) is 7.23. The summed E-state index contributed by atoms with van der Waals surface area (Å²) < 4.78 is 0. The third kappa shape index (κ3) is 2.05. The van der Waals surface area contributed by atoms with Crippen LogP contribution in [0.15, 0.2) is 35.9 Å². The Kier molecular flexibility index (Phi) is 3.22. The molecule has 2 aromatic carbocycles. The first-order valence-electron chi connectivity index (χ1n) is 8.59.